The summed E-state index contributed by atoms with van der Waals surface area (Å²) >= 11 is 0. The molecule has 0 saturated carbocycles. The Morgan fingerprint density at radius 3 is 2.32 bits per heavy atom. The largest absolute Gasteiger partial charge is 0.433 e. The molecule has 1 aromatic heterocycles. The number of alkyl halides is 3. The summed E-state index contributed by atoms with van der Waals surface area (Å²) < 4.78 is 43.8. The molecule has 0 aliphatic carbocycles. The van der Waals surface area contributed by atoms with Gasteiger partial charge in [-0.25, -0.2) is 9.97 Å². The number of aromatic nitrogens is 2. The molecule has 1 aliphatic rings. The highest BCUT2D eigenvalue weighted by Gasteiger charge is 2.34. The lowest BCUT2D eigenvalue weighted by atomic mass is 10.2. The SMILES string of the molecule is Cc1nc(N2CC(C)OC(C)C2)cc(C(F)(F)F)n1. The monoisotopic (exact) mass is 275 g/mol. The van der Waals surface area contributed by atoms with Gasteiger partial charge < -0.3 is 9.64 Å². The minimum absolute atomic E-state index is 0.0339. The lowest BCUT2D eigenvalue weighted by Crippen LogP contribution is -2.46. The predicted molar refractivity (Wildman–Crippen MR) is 64.0 cm³/mol. The molecule has 19 heavy (non-hydrogen) atoms. The first-order chi connectivity index (χ1) is 8.75. The maximum Gasteiger partial charge on any atom is 0.433 e. The zero-order valence-corrected chi connectivity index (χ0v) is 11.0. The lowest BCUT2D eigenvalue weighted by Gasteiger charge is -2.36. The van der Waals surface area contributed by atoms with E-state index in [1.165, 1.54) is 6.92 Å². The van der Waals surface area contributed by atoms with Crippen LogP contribution in [0, 0.1) is 6.92 Å². The fourth-order valence-electron chi connectivity index (χ4n) is 2.22. The van der Waals surface area contributed by atoms with Gasteiger partial charge in [-0.2, -0.15) is 13.2 Å². The molecule has 2 unspecified atom stereocenters. The average Bonchev–Trinajstić information content (AvgIpc) is 2.25. The van der Waals surface area contributed by atoms with Crippen LogP contribution < -0.4 is 4.90 Å². The zero-order chi connectivity index (χ0) is 14.2. The molecule has 2 heterocycles. The Balaban J connectivity index is 2.31. The molecule has 0 N–H and O–H groups in total. The van der Waals surface area contributed by atoms with Gasteiger partial charge in [-0.05, 0) is 20.8 Å². The first-order valence-corrected chi connectivity index (χ1v) is 6.09. The molecule has 106 valence electrons. The van der Waals surface area contributed by atoms with Crippen LogP contribution in [0.15, 0.2) is 6.07 Å². The van der Waals surface area contributed by atoms with E-state index >= 15 is 0 Å². The average molecular weight is 275 g/mol. The highest BCUT2D eigenvalue weighted by atomic mass is 19.4. The Bertz CT molecular complexity index is 454. The fourth-order valence-corrected chi connectivity index (χ4v) is 2.22. The molecule has 0 radical (unpaired) electrons. The molecule has 1 aromatic rings. The summed E-state index contributed by atoms with van der Waals surface area (Å²) in [6, 6.07) is 0.998. The van der Waals surface area contributed by atoms with Gasteiger partial charge in [0.1, 0.15) is 17.3 Å². The number of halogens is 3. The summed E-state index contributed by atoms with van der Waals surface area (Å²) in [6.45, 7) is 6.30. The first kappa shape index (κ1) is 14.0. The smallest absolute Gasteiger partial charge is 0.372 e. The second-order valence-corrected chi connectivity index (χ2v) is 4.82. The predicted octanol–water partition coefficient (Wildman–Crippen LogP) is 2.42. The van der Waals surface area contributed by atoms with Gasteiger partial charge in [-0.3, -0.25) is 0 Å². The summed E-state index contributed by atoms with van der Waals surface area (Å²) in [5, 5.41) is 0. The van der Waals surface area contributed by atoms with E-state index in [0.29, 0.717) is 18.9 Å². The maximum atomic E-state index is 12.7. The quantitative estimate of drug-likeness (QED) is 0.789. The van der Waals surface area contributed by atoms with Crippen LogP contribution in [-0.4, -0.2) is 35.3 Å². The molecular weight excluding hydrogens is 259 g/mol. The number of hydrogen-bond donors (Lipinski definition) is 0. The second-order valence-electron chi connectivity index (χ2n) is 4.82. The fraction of sp³-hybridized carbons (Fsp3) is 0.667. The van der Waals surface area contributed by atoms with Crippen LogP contribution in [0.1, 0.15) is 25.4 Å². The zero-order valence-electron chi connectivity index (χ0n) is 11.0. The van der Waals surface area contributed by atoms with Gasteiger partial charge in [-0.1, -0.05) is 0 Å². The van der Waals surface area contributed by atoms with Crippen molar-refractivity contribution in [3.63, 3.8) is 0 Å². The molecule has 0 bridgehead atoms. The summed E-state index contributed by atoms with van der Waals surface area (Å²) in [5.41, 5.74) is -0.901. The highest BCUT2D eigenvalue weighted by Crippen LogP contribution is 2.30. The third-order valence-electron chi connectivity index (χ3n) is 2.86. The van der Waals surface area contributed by atoms with Crippen molar-refractivity contribution in [1.82, 2.24) is 9.97 Å². The molecule has 4 nitrogen and oxygen atoms in total. The molecule has 1 aliphatic heterocycles. The van der Waals surface area contributed by atoms with Gasteiger partial charge >= 0.3 is 6.18 Å². The first-order valence-electron chi connectivity index (χ1n) is 6.09. The van der Waals surface area contributed by atoms with Crippen LogP contribution in [0.4, 0.5) is 19.0 Å². The van der Waals surface area contributed by atoms with Crippen molar-refractivity contribution in [2.24, 2.45) is 0 Å². The molecule has 2 atom stereocenters. The van der Waals surface area contributed by atoms with Crippen molar-refractivity contribution < 1.29 is 17.9 Å². The van der Waals surface area contributed by atoms with Crippen molar-refractivity contribution in [2.45, 2.75) is 39.2 Å². The van der Waals surface area contributed by atoms with Crippen LogP contribution in [0.3, 0.4) is 0 Å². The van der Waals surface area contributed by atoms with Crippen LogP contribution >= 0.6 is 0 Å². The Morgan fingerprint density at radius 1 is 1.21 bits per heavy atom. The van der Waals surface area contributed by atoms with Crippen molar-refractivity contribution in [1.29, 1.82) is 0 Å². The number of hydrogen-bond acceptors (Lipinski definition) is 4. The normalized spacial score (nSPS) is 24.6. The Labute approximate surface area is 109 Å². The topological polar surface area (TPSA) is 38.2 Å². The summed E-state index contributed by atoms with van der Waals surface area (Å²) in [6.07, 6.45) is -4.52. The summed E-state index contributed by atoms with van der Waals surface area (Å²) in [7, 11) is 0. The van der Waals surface area contributed by atoms with Crippen LogP contribution in [0.5, 0.6) is 0 Å². The molecular formula is C12H16F3N3O. The standard InChI is InChI=1S/C12H16F3N3O/c1-7-5-18(6-8(2)19-7)11-4-10(12(13,14)15)16-9(3)17-11/h4,7-8H,5-6H2,1-3H3. The Hall–Kier alpha value is -1.37. The lowest BCUT2D eigenvalue weighted by molar-refractivity contribution is -0.141. The number of anilines is 1. The van der Waals surface area contributed by atoms with Crippen molar-refractivity contribution in [3.8, 4) is 0 Å². The minimum atomic E-state index is -4.45. The van der Waals surface area contributed by atoms with Crippen LogP contribution in [-0.2, 0) is 10.9 Å². The molecule has 0 spiro atoms. The Morgan fingerprint density at radius 2 is 1.79 bits per heavy atom. The molecule has 1 saturated heterocycles. The van der Waals surface area contributed by atoms with Crippen LogP contribution in [0.25, 0.3) is 0 Å². The number of ether oxygens (including phenoxy) is 1. The van der Waals surface area contributed by atoms with E-state index in [2.05, 4.69) is 9.97 Å². The van der Waals surface area contributed by atoms with Gasteiger partial charge in [0.05, 0.1) is 12.2 Å². The van der Waals surface area contributed by atoms with E-state index in [1.54, 1.807) is 0 Å². The summed E-state index contributed by atoms with van der Waals surface area (Å²) in [5.74, 6) is 0.429. The summed E-state index contributed by atoms with van der Waals surface area (Å²) in [4.78, 5) is 9.35. The number of morpholine rings is 1. The van der Waals surface area contributed by atoms with Gasteiger partial charge in [0.25, 0.3) is 0 Å². The molecule has 7 heteroatoms. The molecule has 0 amide bonds. The minimum Gasteiger partial charge on any atom is -0.372 e. The van der Waals surface area contributed by atoms with E-state index in [9.17, 15) is 13.2 Å². The number of aryl methyl sites for hydroxylation is 1. The van der Waals surface area contributed by atoms with Crippen LogP contribution in [0.2, 0.25) is 0 Å². The van der Waals surface area contributed by atoms with E-state index in [-0.39, 0.29) is 18.0 Å². The van der Waals surface area contributed by atoms with E-state index in [1.807, 2.05) is 18.7 Å². The van der Waals surface area contributed by atoms with E-state index in [4.69, 9.17) is 4.74 Å². The van der Waals surface area contributed by atoms with Gasteiger partial charge in [-0.15, -0.1) is 0 Å². The van der Waals surface area contributed by atoms with Crippen molar-refractivity contribution in [2.75, 3.05) is 18.0 Å². The van der Waals surface area contributed by atoms with Gasteiger partial charge in [0.15, 0.2) is 0 Å². The molecule has 0 aromatic carbocycles. The molecule has 1 fully saturated rings. The third-order valence-corrected chi connectivity index (χ3v) is 2.86. The third kappa shape index (κ3) is 3.34. The number of nitrogens with zero attached hydrogens (tertiary/aromatic N) is 3. The van der Waals surface area contributed by atoms with E-state index in [0.717, 1.165) is 6.07 Å². The highest BCUT2D eigenvalue weighted by molar-refractivity contribution is 5.41. The number of rotatable bonds is 1. The van der Waals surface area contributed by atoms with Crippen molar-refractivity contribution in [3.05, 3.63) is 17.6 Å². The molecule has 2 rings (SSSR count). The van der Waals surface area contributed by atoms with Crippen molar-refractivity contribution >= 4 is 5.82 Å². The van der Waals surface area contributed by atoms with Gasteiger partial charge in [0, 0.05) is 19.2 Å². The Kier molecular flexibility index (Phi) is 3.66. The second kappa shape index (κ2) is 4.96. The van der Waals surface area contributed by atoms with Gasteiger partial charge in [0.2, 0.25) is 0 Å². The maximum absolute atomic E-state index is 12.7. The van der Waals surface area contributed by atoms with E-state index < -0.39 is 11.9 Å².